The third-order valence-electron chi connectivity index (χ3n) is 7.63. The Bertz CT molecular complexity index is 911. The number of ketones is 2. The molecule has 2 aliphatic heterocycles. The van der Waals surface area contributed by atoms with Crippen LogP contribution >= 0.6 is 0 Å². The Morgan fingerprint density at radius 2 is 1.00 bits per heavy atom. The van der Waals surface area contributed by atoms with Gasteiger partial charge >= 0.3 is 0 Å². The van der Waals surface area contributed by atoms with Crippen LogP contribution in [0.3, 0.4) is 0 Å². The summed E-state index contributed by atoms with van der Waals surface area (Å²) in [5.41, 5.74) is 3.72. The number of Topliss-reactive ketones (excluding diaryl/α,β-unsaturated/α-hetero) is 2. The summed E-state index contributed by atoms with van der Waals surface area (Å²) in [6, 6.07) is 15.9. The minimum absolute atomic E-state index is 0. The molecule has 4 rings (SSSR count). The molecule has 0 saturated carbocycles. The molecule has 2 aromatic carbocycles. The van der Waals surface area contributed by atoms with Gasteiger partial charge in [0, 0.05) is 35.8 Å². The topological polar surface area (TPSA) is 34.1 Å². The summed E-state index contributed by atoms with van der Waals surface area (Å²) < 4.78 is 1.71. The highest BCUT2D eigenvalue weighted by molar-refractivity contribution is 5.98. The first-order valence-electron chi connectivity index (χ1n) is 12.1. The molecule has 4 atom stereocenters. The Kier molecular flexibility index (Phi) is 9.85. The Hall–Kier alpha value is -1.34. The third-order valence-corrected chi connectivity index (χ3v) is 7.63. The summed E-state index contributed by atoms with van der Waals surface area (Å²) in [5.74, 6) is 1.85. The summed E-state index contributed by atoms with van der Waals surface area (Å²) in [6.07, 6.45) is 2.41. The van der Waals surface area contributed by atoms with E-state index in [0.29, 0.717) is 24.9 Å². The lowest BCUT2D eigenvalue weighted by molar-refractivity contribution is -0.890. The molecule has 4 unspecified atom stereocenters. The molecule has 2 heterocycles. The normalized spacial score (nSPS) is 28.1. The molecule has 34 heavy (non-hydrogen) atoms. The van der Waals surface area contributed by atoms with Gasteiger partial charge in [0.15, 0.2) is 0 Å². The Labute approximate surface area is 226 Å². The van der Waals surface area contributed by atoms with Crippen LogP contribution in [0, 0.1) is 11.8 Å². The molecule has 0 N–H and O–H groups in total. The average Bonchev–Trinajstić information content (AvgIpc) is 3.28. The summed E-state index contributed by atoms with van der Waals surface area (Å²) in [7, 11) is 4.40. The van der Waals surface area contributed by atoms with Crippen LogP contribution in [0.5, 0.6) is 0 Å². The number of halogens is 2. The fourth-order valence-electron chi connectivity index (χ4n) is 5.79. The second-order valence-corrected chi connectivity index (χ2v) is 11.2. The van der Waals surface area contributed by atoms with Crippen LogP contribution in [0.25, 0.3) is 11.1 Å². The number of nitrogens with zero attached hydrogens (tertiary/aromatic N) is 2. The fourth-order valence-corrected chi connectivity index (χ4v) is 5.79. The van der Waals surface area contributed by atoms with Crippen LogP contribution in [0.1, 0.15) is 47.4 Å². The summed E-state index contributed by atoms with van der Waals surface area (Å²) >= 11 is 0. The Morgan fingerprint density at radius 1 is 0.676 bits per heavy atom. The van der Waals surface area contributed by atoms with Crippen molar-refractivity contribution in [2.45, 2.75) is 26.7 Å². The Balaban J connectivity index is 0.00000204. The Morgan fingerprint density at radius 3 is 1.26 bits per heavy atom. The van der Waals surface area contributed by atoms with E-state index < -0.39 is 0 Å². The number of rotatable bonds is 7. The number of carbonyl (C=O) groups excluding carboxylic acids is 2. The minimum Gasteiger partial charge on any atom is -1.00 e. The number of hydrogen-bond donors (Lipinski definition) is 0. The quantitative estimate of drug-likeness (QED) is 0.296. The second kappa shape index (κ2) is 11.6. The van der Waals surface area contributed by atoms with Gasteiger partial charge in [-0.05, 0) is 11.1 Å². The van der Waals surface area contributed by atoms with Gasteiger partial charge in [-0.25, -0.2) is 0 Å². The molecule has 186 valence electrons. The summed E-state index contributed by atoms with van der Waals surface area (Å²) in [5, 5.41) is 0. The van der Waals surface area contributed by atoms with Gasteiger partial charge in [-0.2, -0.15) is 0 Å². The van der Waals surface area contributed by atoms with E-state index in [9.17, 15) is 9.59 Å². The molecule has 6 heteroatoms. The van der Waals surface area contributed by atoms with Gasteiger partial charge in [-0.1, -0.05) is 62.4 Å². The number of likely N-dealkylation sites (N-methyl/N-ethyl adjacent to an activating group) is 2. The molecule has 2 saturated heterocycles. The largest absolute Gasteiger partial charge is 1.00 e. The SMILES string of the molecule is CC1CC[N+](C)(CC(=O)c2ccc(-c3ccc(C(=O)C[N+]4(C)CCC(C)C4)cc3)cc2)C1.[Br-].[Br-]. The minimum atomic E-state index is 0. The predicted molar refractivity (Wildman–Crippen MR) is 130 cm³/mol. The van der Waals surface area contributed by atoms with Crippen LogP contribution in [-0.4, -0.2) is 73.9 Å². The first-order chi connectivity index (χ1) is 15.1. The molecule has 0 radical (unpaired) electrons. The van der Waals surface area contributed by atoms with Gasteiger partial charge in [0.05, 0.1) is 40.3 Å². The van der Waals surface area contributed by atoms with Gasteiger partial charge in [-0.15, -0.1) is 0 Å². The zero-order valence-electron chi connectivity index (χ0n) is 20.9. The van der Waals surface area contributed by atoms with Crippen molar-refractivity contribution in [3.05, 3.63) is 59.7 Å². The molecule has 2 aliphatic rings. The van der Waals surface area contributed by atoms with Crippen molar-refractivity contribution in [1.29, 1.82) is 0 Å². The molecule has 0 amide bonds. The van der Waals surface area contributed by atoms with E-state index >= 15 is 0 Å². The van der Waals surface area contributed by atoms with Crippen molar-refractivity contribution in [1.82, 2.24) is 0 Å². The first-order valence-corrected chi connectivity index (χ1v) is 12.1. The predicted octanol–water partition coefficient (Wildman–Crippen LogP) is -1.30. The van der Waals surface area contributed by atoms with Gasteiger partial charge in [-0.3, -0.25) is 9.59 Å². The average molecular weight is 594 g/mol. The second-order valence-electron chi connectivity index (χ2n) is 11.2. The standard InChI is InChI=1S/C28H38N2O2.2BrH/c1-21-13-15-29(3,17-21)19-27(31)25-9-5-23(6-10-25)24-7-11-26(12-8-24)28(32)20-30(4)16-14-22(2)18-30;;/h5-12,21-22H,13-20H2,1-4H3;2*1H/q+2;;/p-2. The van der Waals surface area contributed by atoms with Crippen molar-refractivity contribution in [3.63, 3.8) is 0 Å². The molecule has 0 aliphatic carbocycles. The highest BCUT2D eigenvalue weighted by Gasteiger charge is 2.35. The molecular weight excluding hydrogens is 556 g/mol. The zero-order valence-corrected chi connectivity index (χ0v) is 24.1. The lowest BCUT2D eigenvalue weighted by Crippen LogP contribution is -3.00. The van der Waals surface area contributed by atoms with E-state index in [4.69, 9.17) is 0 Å². The fraction of sp³-hybridized carbons (Fsp3) is 0.500. The van der Waals surface area contributed by atoms with Gasteiger partial charge in [0.2, 0.25) is 11.6 Å². The molecule has 4 nitrogen and oxygen atoms in total. The van der Waals surface area contributed by atoms with Crippen molar-refractivity contribution in [2.75, 3.05) is 53.4 Å². The monoisotopic (exact) mass is 592 g/mol. The van der Waals surface area contributed by atoms with Crippen LogP contribution in [0.2, 0.25) is 0 Å². The van der Waals surface area contributed by atoms with E-state index in [0.717, 1.165) is 57.4 Å². The van der Waals surface area contributed by atoms with E-state index in [1.54, 1.807) is 0 Å². The lowest BCUT2D eigenvalue weighted by atomic mass is 10.00. The van der Waals surface area contributed by atoms with Crippen LogP contribution < -0.4 is 34.0 Å². The van der Waals surface area contributed by atoms with Gasteiger partial charge in [0.25, 0.3) is 0 Å². The van der Waals surface area contributed by atoms with Crippen LogP contribution in [0.4, 0.5) is 0 Å². The number of benzene rings is 2. The highest BCUT2D eigenvalue weighted by Crippen LogP contribution is 2.25. The summed E-state index contributed by atoms with van der Waals surface area (Å²) in [6.45, 7) is 10.1. The smallest absolute Gasteiger partial charge is 0.216 e. The number of likely N-dealkylation sites (tertiary alicyclic amines) is 2. The maximum absolute atomic E-state index is 12.8. The number of hydrogen-bond acceptors (Lipinski definition) is 2. The van der Waals surface area contributed by atoms with Crippen molar-refractivity contribution < 1.29 is 52.5 Å². The molecule has 2 fully saturated rings. The van der Waals surface area contributed by atoms with Crippen molar-refractivity contribution in [2.24, 2.45) is 11.8 Å². The maximum atomic E-state index is 12.8. The van der Waals surface area contributed by atoms with E-state index in [-0.39, 0.29) is 45.5 Å². The lowest BCUT2D eigenvalue weighted by Gasteiger charge is -2.28. The molecule has 0 bridgehead atoms. The number of quaternary nitrogens is 2. The van der Waals surface area contributed by atoms with Gasteiger partial charge in [0.1, 0.15) is 13.1 Å². The van der Waals surface area contributed by atoms with Gasteiger partial charge < -0.3 is 42.9 Å². The van der Waals surface area contributed by atoms with E-state index in [1.165, 1.54) is 12.8 Å². The molecule has 0 spiro atoms. The molecular formula is C28H38Br2N2O2. The zero-order chi connectivity index (χ0) is 22.9. The first kappa shape index (κ1) is 28.9. The number of carbonyl (C=O) groups is 2. The highest BCUT2D eigenvalue weighted by atomic mass is 79.9. The van der Waals surface area contributed by atoms with Crippen molar-refractivity contribution in [3.8, 4) is 11.1 Å². The van der Waals surface area contributed by atoms with Crippen molar-refractivity contribution >= 4 is 11.6 Å². The third kappa shape index (κ3) is 6.87. The van der Waals surface area contributed by atoms with E-state index in [1.807, 2.05) is 48.5 Å². The maximum Gasteiger partial charge on any atom is 0.216 e. The molecule has 2 aromatic rings. The summed E-state index contributed by atoms with van der Waals surface area (Å²) in [4.78, 5) is 25.6. The molecule has 0 aromatic heterocycles. The van der Waals surface area contributed by atoms with Crippen LogP contribution in [-0.2, 0) is 0 Å². The van der Waals surface area contributed by atoms with Crippen LogP contribution in [0.15, 0.2) is 48.5 Å². The van der Waals surface area contributed by atoms with E-state index in [2.05, 4.69) is 27.9 Å².